The highest BCUT2D eigenvalue weighted by atomic mass is 16.4. The van der Waals surface area contributed by atoms with Gasteiger partial charge in [-0.15, -0.1) is 0 Å². The lowest BCUT2D eigenvalue weighted by Crippen LogP contribution is -2.49. The van der Waals surface area contributed by atoms with Crippen molar-refractivity contribution in [1.82, 2.24) is 9.58 Å². The van der Waals surface area contributed by atoms with Crippen molar-refractivity contribution < 1.29 is 19.8 Å². The highest BCUT2D eigenvalue weighted by molar-refractivity contribution is 5.97. The summed E-state index contributed by atoms with van der Waals surface area (Å²) in [5.74, 6) is -2.85. The molecule has 0 bridgehead atoms. The number of aromatic carboxylic acids is 1. The Morgan fingerprint density at radius 1 is 1.42 bits per heavy atom. The van der Waals surface area contributed by atoms with Gasteiger partial charge in [-0.2, -0.15) is 0 Å². The number of carbonyl (C=O) groups is 2. The van der Waals surface area contributed by atoms with Crippen molar-refractivity contribution in [3.05, 3.63) is 27.7 Å². The van der Waals surface area contributed by atoms with Gasteiger partial charge in [-0.1, -0.05) is 0 Å². The minimum Gasteiger partial charge on any atom is -0.502 e. The predicted octanol–water partition coefficient (Wildman–Crippen LogP) is -0.383. The quantitative estimate of drug-likeness (QED) is 0.673. The lowest BCUT2D eigenvalue weighted by molar-refractivity contribution is 0.0656. The van der Waals surface area contributed by atoms with Crippen LogP contribution >= 0.6 is 0 Å². The highest BCUT2D eigenvalue weighted by Gasteiger charge is 2.31. The molecule has 0 fully saturated rings. The van der Waals surface area contributed by atoms with Crippen LogP contribution in [0, 0.1) is 0 Å². The summed E-state index contributed by atoms with van der Waals surface area (Å²) in [4.78, 5) is 36.1. The first kappa shape index (κ1) is 12.9. The van der Waals surface area contributed by atoms with Crippen LogP contribution in [0.5, 0.6) is 5.75 Å². The van der Waals surface area contributed by atoms with Crippen LogP contribution in [0.2, 0.25) is 0 Å². The van der Waals surface area contributed by atoms with Gasteiger partial charge < -0.3 is 20.5 Å². The Hall–Kier alpha value is -2.51. The molecule has 2 rings (SSSR count). The van der Waals surface area contributed by atoms with Crippen molar-refractivity contribution in [3.63, 3.8) is 0 Å². The van der Waals surface area contributed by atoms with Gasteiger partial charge in [0, 0.05) is 12.2 Å². The zero-order valence-electron chi connectivity index (χ0n) is 10.4. The molecule has 1 aromatic heterocycles. The summed E-state index contributed by atoms with van der Waals surface area (Å²) in [5, 5.41) is 18.6. The average Bonchev–Trinajstić information content (AvgIpc) is 2.32. The zero-order chi connectivity index (χ0) is 14.3. The Morgan fingerprint density at radius 2 is 2.05 bits per heavy atom. The number of nitrogens with zero attached hydrogens (tertiary/aromatic N) is 2. The number of amides is 1. The third-order valence-corrected chi connectivity index (χ3v) is 2.91. The van der Waals surface area contributed by atoms with Crippen molar-refractivity contribution in [3.8, 4) is 5.75 Å². The van der Waals surface area contributed by atoms with Gasteiger partial charge in [-0.25, -0.2) is 4.79 Å². The van der Waals surface area contributed by atoms with Crippen LogP contribution in [0.15, 0.2) is 11.0 Å². The molecule has 0 radical (unpaired) electrons. The largest absolute Gasteiger partial charge is 0.502 e. The minimum absolute atomic E-state index is 0.123. The Kier molecular flexibility index (Phi) is 2.93. The number of carbonyl (C=O) groups excluding carboxylic acids is 1. The third kappa shape index (κ3) is 1.90. The van der Waals surface area contributed by atoms with Gasteiger partial charge in [0.25, 0.3) is 5.91 Å². The van der Waals surface area contributed by atoms with E-state index in [4.69, 9.17) is 5.11 Å². The molecule has 0 aromatic carbocycles. The van der Waals surface area contributed by atoms with Crippen LogP contribution in [-0.2, 0) is 0 Å². The van der Waals surface area contributed by atoms with Gasteiger partial charge in [0.05, 0.1) is 0 Å². The van der Waals surface area contributed by atoms with Crippen molar-refractivity contribution in [2.45, 2.75) is 19.9 Å². The third-order valence-electron chi connectivity index (χ3n) is 2.91. The lowest BCUT2D eigenvalue weighted by atomic mass is 10.2. The number of aromatic nitrogens is 1. The molecule has 1 aliphatic rings. The van der Waals surface area contributed by atoms with Gasteiger partial charge in [-0.05, 0) is 13.8 Å². The highest BCUT2D eigenvalue weighted by Crippen LogP contribution is 2.19. The van der Waals surface area contributed by atoms with E-state index in [1.54, 1.807) is 13.8 Å². The molecular weight excluding hydrogens is 254 g/mol. The second-order valence-corrected chi connectivity index (χ2v) is 4.43. The van der Waals surface area contributed by atoms with Gasteiger partial charge in [0.1, 0.15) is 12.2 Å². The van der Waals surface area contributed by atoms with E-state index in [9.17, 15) is 19.5 Å². The number of pyridine rings is 1. The molecule has 8 heteroatoms. The summed E-state index contributed by atoms with van der Waals surface area (Å²) in [6.45, 7) is 3.73. The molecule has 2 heterocycles. The molecule has 1 amide bonds. The van der Waals surface area contributed by atoms with E-state index in [1.807, 2.05) is 0 Å². The number of nitrogens with one attached hydrogen (secondary N) is 1. The van der Waals surface area contributed by atoms with Gasteiger partial charge in [0.15, 0.2) is 11.4 Å². The predicted molar refractivity (Wildman–Crippen MR) is 64.9 cm³/mol. The number of rotatable bonds is 2. The fourth-order valence-corrected chi connectivity index (χ4v) is 1.86. The van der Waals surface area contributed by atoms with E-state index >= 15 is 0 Å². The maximum absolute atomic E-state index is 12.1. The topological polar surface area (TPSA) is 112 Å². The molecular formula is C11H13N3O5. The van der Waals surface area contributed by atoms with Crippen LogP contribution in [0.25, 0.3) is 0 Å². The lowest BCUT2D eigenvalue weighted by Gasteiger charge is -2.33. The van der Waals surface area contributed by atoms with Gasteiger partial charge in [-0.3, -0.25) is 14.3 Å². The monoisotopic (exact) mass is 267 g/mol. The van der Waals surface area contributed by atoms with Crippen molar-refractivity contribution in [2.24, 2.45) is 0 Å². The maximum Gasteiger partial charge on any atom is 0.341 e. The Balaban J connectivity index is 2.64. The molecule has 19 heavy (non-hydrogen) atoms. The van der Waals surface area contributed by atoms with E-state index in [0.717, 1.165) is 10.9 Å². The second kappa shape index (κ2) is 4.30. The first-order chi connectivity index (χ1) is 8.84. The molecule has 0 unspecified atom stereocenters. The molecule has 0 aliphatic carbocycles. The summed E-state index contributed by atoms with van der Waals surface area (Å²) in [6, 6.07) is -0.123. The summed E-state index contributed by atoms with van der Waals surface area (Å²) >= 11 is 0. The van der Waals surface area contributed by atoms with Crippen LogP contribution in [0.1, 0.15) is 34.7 Å². The Morgan fingerprint density at radius 3 is 2.58 bits per heavy atom. The molecule has 0 atom stereocenters. The van der Waals surface area contributed by atoms with E-state index in [-0.39, 0.29) is 18.4 Å². The molecule has 1 aliphatic heterocycles. The van der Waals surface area contributed by atoms with Crippen molar-refractivity contribution >= 4 is 11.9 Å². The number of carboxylic acids is 1. The van der Waals surface area contributed by atoms with E-state index in [2.05, 4.69) is 5.43 Å². The molecule has 8 nitrogen and oxygen atoms in total. The smallest absolute Gasteiger partial charge is 0.341 e. The zero-order valence-corrected chi connectivity index (χ0v) is 10.4. The van der Waals surface area contributed by atoms with Crippen LogP contribution in [-0.4, -0.2) is 44.4 Å². The Bertz CT molecular complexity index is 619. The van der Waals surface area contributed by atoms with E-state index < -0.39 is 28.6 Å². The maximum atomic E-state index is 12.1. The summed E-state index contributed by atoms with van der Waals surface area (Å²) in [7, 11) is 0. The SMILES string of the molecule is CC(C)N1CNn2cc(C(=O)O)c(=O)c(O)c2C1=O. The van der Waals surface area contributed by atoms with Crippen LogP contribution < -0.4 is 10.9 Å². The van der Waals surface area contributed by atoms with Crippen LogP contribution in [0.3, 0.4) is 0 Å². The minimum atomic E-state index is -1.46. The summed E-state index contributed by atoms with van der Waals surface area (Å²) < 4.78 is 1.07. The molecule has 0 spiro atoms. The fraction of sp³-hybridized carbons (Fsp3) is 0.364. The second-order valence-electron chi connectivity index (χ2n) is 4.43. The molecule has 1 aromatic rings. The fourth-order valence-electron chi connectivity index (χ4n) is 1.86. The summed E-state index contributed by atoms with van der Waals surface area (Å²) in [5.41, 5.74) is 0.825. The Labute approximate surface area is 107 Å². The average molecular weight is 267 g/mol. The van der Waals surface area contributed by atoms with Gasteiger partial charge in [0.2, 0.25) is 5.43 Å². The number of carboxylic acid groups (broad SMARTS) is 1. The van der Waals surface area contributed by atoms with Crippen LogP contribution in [0.4, 0.5) is 0 Å². The molecule has 102 valence electrons. The molecule has 3 N–H and O–H groups in total. The number of fused-ring (bicyclic) bond motifs is 1. The first-order valence-corrected chi connectivity index (χ1v) is 5.61. The van der Waals surface area contributed by atoms with E-state index in [0.29, 0.717) is 0 Å². The summed E-state index contributed by atoms with van der Waals surface area (Å²) in [6.07, 6.45) is 0.995. The standard InChI is InChI=1S/C11H13N3O5/c1-5(2)13-4-12-14-3-6(11(18)19)8(15)9(16)7(14)10(13)17/h3,5,12,16H,4H2,1-2H3,(H,18,19). The number of hydrogen-bond donors (Lipinski definition) is 3. The molecule has 0 saturated heterocycles. The molecule has 0 saturated carbocycles. The number of hydrogen-bond acceptors (Lipinski definition) is 5. The number of aromatic hydroxyl groups is 1. The van der Waals surface area contributed by atoms with Crippen molar-refractivity contribution in [2.75, 3.05) is 12.1 Å². The van der Waals surface area contributed by atoms with Gasteiger partial charge >= 0.3 is 5.97 Å². The first-order valence-electron chi connectivity index (χ1n) is 5.61. The van der Waals surface area contributed by atoms with Crippen molar-refractivity contribution in [1.29, 1.82) is 0 Å². The van der Waals surface area contributed by atoms with E-state index in [1.165, 1.54) is 4.90 Å². The normalized spacial score (nSPS) is 14.3.